The molecule has 0 spiro atoms. The highest BCUT2D eigenvalue weighted by Crippen LogP contribution is 2.11. The van der Waals surface area contributed by atoms with Crippen LogP contribution in [0.15, 0.2) is 24.3 Å². The summed E-state index contributed by atoms with van der Waals surface area (Å²) < 4.78 is 0. The largest absolute Gasteiger partial charge is 0.326 e. The maximum absolute atomic E-state index is 10.4. The molecule has 0 aromatic heterocycles. The first-order chi connectivity index (χ1) is 6.51. The number of hydrogen-bond donors (Lipinski definition) is 1. The van der Waals surface area contributed by atoms with Crippen LogP contribution >= 0.6 is 0 Å². The number of aldehydes is 1. The van der Waals surface area contributed by atoms with E-state index in [9.17, 15) is 4.79 Å². The van der Waals surface area contributed by atoms with Crippen LogP contribution in [0.3, 0.4) is 0 Å². The van der Waals surface area contributed by atoms with Crippen LogP contribution < -0.4 is 5.73 Å². The predicted molar refractivity (Wildman–Crippen MR) is 58.4 cm³/mol. The van der Waals surface area contributed by atoms with Crippen molar-refractivity contribution in [3.05, 3.63) is 35.4 Å². The zero-order chi connectivity index (χ0) is 10.6. The van der Waals surface area contributed by atoms with Gasteiger partial charge in [0.05, 0.1) is 0 Å². The Labute approximate surface area is 85.1 Å². The molecule has 1 rings (SSSR count). The molecule has 0 fully saturated rings. The van der Waals surface area contributed by atoms with Crippen molar-refractivity contribution in [1.82, 2.24) is 0 Å². The molecule has 0 heterocycles. The van der Waals surface area contributed by atoms with Gasteiger partial charge in [-0.15, -0.1) is 0 Å². The highest BCUT2D eigenvalue weighted by atomic mass is 16.1. The molecule has 0 radical (unpaired) electrons. The molecule has 0 saturated carbocycles. The summed E-state index contributed by atoms with van der Waals surface area (Å²) in [6, 6.07) is 7.64. The number of nitrogens with two attached hydrogens (primary N) is 1. The fraction of sp³-hybridized carbons (Fsp3) is 0.417. The number of carbonyl (C=O) groups is 1. The van der Waals surface area contributed by atoms with Crippen LogP contribution in [0.2, 0.25) is 0 Å². The van der Waals surface area contributed by atoms with Crippen molar-refractivity contribution < 1.29 is 4.79 Å². The zero-order valence-corrected chi connectivity index (χ0v) is 8.79. The third-order valence-electron chi connectivity index (χ3n) is 2.17. The minimum Gasteiger partial charge on any atom is -0.326 e. The van der Waals surface area contributed by atoms with Gasteiger partial charge in [0.15, 0.2) is 0 Å². The molecule has 0 amide bonds. The van der Waals surface area contributed by atoms with Gasteiger partial charge in [0, 0.05) is 11.1 Å². The average molecular weight is 191 g/mol. The lowest BCUT2D eigenvalue weighted by Gasteiger charge is -2.17. The second kappa shape index (κ2) is 4.38. The predicted octanol–water partition coefficient (Wildman–Crippen LogP) is 2.17. The van der Waals surface area contributed by atoms with E-state index in [1.54, 1.807) is 0 Å². The average Bonchev–Trinajstić information content (AvgIpc) is 2.14. The number of carbonyl (C=O) groups excluding carboxylic acids is 1. The van der Waals surface area contributed by atoms with Gasteiger partial charge in [-0.1, -0.05) is 24.3 Å². The molecular weight excluding hydrogens is 174 g/mol. The van der Waals surface area contributed by atoms with Gasteiger partial charge in [0.25, 0.3) is 0 Å². The smallest absolute Gasteiger partial charge is 0.150 e. The van der Waals surface area contributed by atoms with E-state index in [0.29, 0.717) is 0 Å². The van der Waals surface area contributed by atoms with Crippen LogP contribution in [0.5, 0.6) is 0 Å². The molecule has 2 N–H and O–H groups in total. The Kier molecular flexibility index (Phi) is 3.42. The quantitative estimate of drug-likeness (QED) is 0.741. The van der Waals surface area contributed by atoms with Crippen molar-refractivity contribution in [1.29, 1.82) is 0 Å². The van der Waals surface area contributed by atoms with Crippen LogP contribution in [-0.4, -0.2) is 11.8 Å². The molecule has 2 nitrogen and oxygen atoms in total. The lowest BCUT2D eigenvalue weighted by molar-refractivity contribution is 0.112. The topological polar surface area (TPSA) is 43.1 Å². The molecule has 2 heteroatoms. The molecule has 76 valence electrons. The Morgan fingerprint density at radius 3 is 2.29 bits per heavy atom. The number of rotatable bonds is 4. The molecule has 1 aromatic carbocycles. The normalized spacial score (nSPS) is 11.4. The Morgan fingerprint density at radius 1 is 1.29 bits per heavy atom. The second-order valence-corrected chi connectivity index (χ2v) is 4.35. The number of hydrogen-bond acceptors (Lipinski definition) is 2. The molecule has 0 unspecified atom stereocenters. The second-order valence-electron chi connectivity index (χ2n) is 4.35. The molecule has 0 aliphatic heterocycles. The maximum atomic E-state index is 10.4. The van der Waals surface area contributed by atoms with Crippen molar-refractivity contribution in [2.45, 2.75) is 32.2 Å². The molecule has 0 aliphatic carbocycles. The molecule has 14 heavy (non-hydrogen) atoms. The van der Waals surface area contributed by atoms with Gasteiger partial charge in [0.1, 0.15) is 6.29 Å². The van der Waals surface area contributed by atoms with E-state index < -0.39 is 0 Å². The number of aryl methyl sites for hydroxylation is 1. The third-order valence-corrected chi connectivity index (χ3v) is 2.17. The van der Waals surface area contributed by atoms with Gasteiger partial charge in [-0.05, 0) is 32.3 Å². The van der Waals surface area contributed by atoms with Gasteiger partial charge in [-0.2, -0.15) is 0 Å². The highest BCUT2D eigenvalue weighted by molar-refractivity contribution is 5.74. The first kappa shape index (κ1) is 10.9. The monoisotopic (exact) mass is 191 g/mol. The van der Waals surface area contributed by atoms with Gasteiger partial charge in [-0.3, -0.25) is 4.79 Å². The van der Waals surface area contributed by atoms with Crippen LogP contribution in [0, 0.1) is 0 Å². The minimum absolute atomic E-state index is 0.122. The molecular formula is C12H17NO. The van der Waals surface area contributed by atoms with Crippen LogP contribution in [0.25, 0.3) is 0 Å². The van der Waals surface area contributed by atoms with Crippen molar-refractivity contribution >= 4 is 6.29 Å². The molecule has 0 atom stereocenters. The summed E-state index contributed by atoms with van der Waals surface area (Å²) in [5, 5.41) is 0. The third kappa shape index (κ3) is 3.71. The van der Waals surface area contributed by atoms with Crippen molar-refractivity contribution in [2.24, 2.45) is 5.73 Å². The van der Waals surface area contributed by atoms with Crippen LogP contribution in [0.4, 0.5) is 0 Å². The van der Waals surface area contributed by atoms with Crippen molar-refractivity contribution in [3.8, 4) is 0 Å². The Bertz CT molecular complexity index is 295. The van der Waals surface area contributed by atoms with Gasteiger partial charge >= 0.3 is 0 Å². The molecule has 0 aliphatic rings. The highest BCUT2D eigenvalue weighted by Gasteiger charge is 2.09. The summed E-state index contributed by atoms with van der Waals surface area (Å²) in [6.45, 7) is 4.04. The fourth-order valence-electron chi connectivity index (χ4n) is 1.23. The van der Waals surface area contributed by atoms with E-state index in [-0.39, 0.29) is 5.54 Å². The van der Waals surface area contributed by atoms with Gasteiger partial charge < -0.3 is 5.73 Å². The van der Waals surface area contributed by atoms with E-state index in [1.807, 2.05) is 38.1 Å². The lowest BCUT2D eigenvalue weighted by atomic mass is 9.96. The van der Waals surface area contributed by atoms with E-state index in [0.717, 1.165) is 24.7 Å². The van der Waals surface area contributed by atoms with E-state index in [1.165, 1.54) is 5.56 Å². The SMILES string of the molecule is CC(C)(N)CCc1ccc(C=O)cc1. The van der Waals surface area contributed by atoms with Crippen molar-refractivity contribution in [3.63, 3.8) is 0 Å². The number of benzene rings is 1. The Balaban J connectivity index is 2.56. The summed E-state index contributed by atoms with van der Waals surface area (Å²) in [5.74, 6) is 0. The van der Waals surface area contributed by atoms with Crippen LogP contribution in [0.1, 0.15) is 36.2 Å². The van der Waals surface area contributed by atoms with Crippen LogP contribution in [-0.2, 0) is 6.42 Å². The molecule has 1 aromatic rings. The minimum atomic E-state index is -0.122. The standard InChI is InChI=1S/C12H17NO/c1-12(2,13)8-7-10-3-5-11(9-14)6-4-10/h3-6,9H,7-8,13H2,1-2H3. The first-order valence-corrected chi connectivity index (χ1v) is 4.84. The van der Waals surface area contributed by atoms with Gasteiger partial charge in [-0.25, -0.2) is 0 Å². The maximum Gasteiger partial charge on any atom is 0.150 e. The first-order valence-electron chi connectivity index (χ1n) is 4.84. The summed E-state index contributed by atoms with van der Waals surface area (Å²) in [6.07, 6.45) is 2.77. The van der Waals surface area contributed by atoms with Crippen molar-refractivity contribution in [2.75, 3.05) is 0 Å². The van der Waals surface area contributed by atoms with E-state index in [4.69, 9.17) is 5.73 Å². The molecule has 0 saturated heterocycles. The lowest BCUT2D eigenvalue weighted by Crippen LogP contribution is -2.32. The summed E-state index contributed by atoms with van der Waals surface area (Å²) in [4.78, 5) is 10.4. The fourth-order valence-corrected chi connectivity index (χ4v) is 1.23. The van der Waals surface area contributed by atoms with Gasteiger partial charge in [0.2, 0.25) is 0 Å². The Hall–Kier alpha value is -1.15. The summed E-state index contributed by atoms with van der Waals surface area (Å²) >= 11 is 0. The van der Waals surface area contributed by atoms with E-state index >= 15 is 0 Å². The zero-order valence-electron chi connectivity index (χ0n) is 8.79. The Morgan fingerprint density at radius 2 is 1.86 bits per heavy atom. The summed E-state index contributed by atoms with van der Waals surface area (Å²) in [7, 11) is 0. The summed E-state index contributed by atoms with van der Waals surface area (Å²) in [5.41, 5.74) is 7.72. The van der Waals surface area contributed by atoms with E-state index in [2.05, 4.69) is 0 Å². The molecule has 0 bridgehead atoms.